The summed E-state index contributed by atoms with van der Waals surface area (Å²) in [6.07, 6.45) is 2.28. The Morgan fingerprint density at radius 2 is 1.94 bits per heavy atom. The van der Waals surface area contributed by atoms with Gasteiger partial charge in [0.05, 0.1) is 0 Å². The number of hydrogen-bond acceptors (Lipinski definition) is 4. The van der Waals surface area contributed by atoms with Gasteiger partial charge in [0.15, 0.2) is 0 Å². The predicted octanol–water partition coefficient (Wildman–Crippen LogP) is 1.36. The fraction of sp³-hybridized carbons (Fsp3) is 0.417. The van der Waals surface area contributed by atoms with E-state index >= 15 is 0 Å². The van der Waals surface area contributed by atoms with Crippen LogP contribution >= 0.6 is 0 Å². The van der Waals surface area contributed by atoms with E-state index < -0.39 is 0 Å². The zero-order chi connectivity index (χ0) is 12.1. The molecule has 2 aromatic rings. The van der Waals surface area contributed by atoms with Gasteiger partial charge in [0.2, 0.25) is 5.82 Å². The molecule has 1 aromatic heterocycles. The van der Waals surface area contributed by atoms with E-state index in [2.05, 4.69) is 51.8 Å². The summed E-state index contributed by atoms with van der Waals surface area (Å²) in [6, 6.07) is 8.33. The maximum atomic E-state index is 3.95. The van der Waals surface area contributed by atoms with Crippen molar-refractivity contribution < 1.29 is 0 Å². The van der Waals surface area contributed by atoms with Crippen LogP contribution in [0.3, 0.4) is 0 Å². The molecule has 0 saturated heterocycles. The molecule has 0 amide bonds. The van der Waals surface area contributed by atoms with E-state index in [1.54, 1.807) is 0 Å². The van der Waals surface area contributed by atoms with Crippen molar-refractivity contribution in [2.45, 2.75) is 12.8 Å². The standard InChI is InChI=1S/C12H17N5/c1-17(2)9-3-4-10-5-7-11(8-6-10)12-13-15-16-14-12/h5-8H,3-4,9H2,1-2H3,(H,13,14,15,16). The lowest BCUT2D eigenvalue weighted by molar-refractivity contribution is 0.400. The smallest absolute Gasteiger partial charge is 0.204 e. The lowest BCUT2D eigenvalue weighted by Crippen LogP contribution is -2.13. The zero-order valence-corrected chi connectivity index (χ0v) is 10.2. The van der Waals surface area contributed by atoms with Crippen LogP contribution in [0.1, 0.15) is 12.0 Å². The van der Waals surface area contributed by atoms with Gasteiger partial charge < -0.3 is 4.90 Å². The van der Waals surface area contributed by atoms with Crippen molar-refractivity contribution in [1.29, 1.82) is 0 Å². The molecule has 2 rings (SSSR count). The Labute approximate surface area is 101 Å². The number of aryl methyl sites for hydroxylation is 1. The summed E-state index contributed by atoms with van der Waals surface area (Å²) < 4.78 is 0. The lowest BCUT2D eigenvalue weighted by Gasteiger charge is -2.08. The van der Waals surface area contributed by atoms with E-state index in [4.69, 9.17) is 0 Å². The number of hydrogen-bond donors (Lipinski definition) is 1. The third kappa shape index (κ3) is 3.35. The molecule has 0 fully saturated rings. The summed E-state index contributed by atoms with van der Waals surface area (Å²) >= 11 is 0. The second-order valence-electron chi connectivity index (χ2n) is 4.34. The molecule has 0 aliphatic carbocycles. The molecule has 17 heavy (non-hydrogen) atoms. The quantitative estimate of drug-likeness (QED) is 0.844. The molecule has 5 nitrogen and oxygen atoms in total. The minimum Gasteiger partial charge on any atom is -0.309 e. The van der Waals surface area contributed by atoms with Crippen molar-refractivity contribution in [3.63, 3.8) is 0 Å². The van der Waals surface area contributed by atoms with Crippen molar-refractivity contribution in [3.8, 4) is 11.4 Å². The molecule has 0 unspecified atom stereocenters. The van der Waals surface area contributed by atoms with Gasteiger partial charge in [-0.1, -0.05) is 24.3 Å². The van der Waals surface area contributed by atoms with E-state index in [0.717, 1.165) is 18.5 Å². The summed E-state index contributed by atoms with van der Waals surface area (Å²) in [5.41, 5.74) is 2.34. The van der Waals surface area contributed by atoms with Crippen molar-refractivity contribution in [3.05, 3.63) is 29.8 Å². The van der Waals surface area contributed by atoms with Gasteiger partial charge in [0, 0.05) is 5.56 Å². The minimum atomic E-state index is 0.643. The summed E-state index contributed by atoms with van der Waals surface area (Å²) in [7, 11) is 4.19. The van der Waals surface area contributed by atoms with Crippen LogP contribution in [-0.2, 0) is 6.42 Å². The fourth-order valence-corrected chi connectivity index (χ4v) is 1.70. The molecule has 1 aromatic carbocycles. The Hall–Kier alpha value is -1.75. The second kappa shape index (κ2) is 5.54. The highest BCUT2D eigenvalue weighted by molar-refractivity contribution is 5.54. The van der Waals surface area contributed by atoms with E-state index in [-0.39, 0.29) is 0 Å². The second-order valence-corrected chi connectivity index (χ2v) is 4.34. The molecular formula is C12H17N5. The first-order valence-corrected chi connectivity index (χ1v) is 5.73. The number of aromatic nitrogens is 4. The van der Waals surface area contributed by atoms with Crippen LogP contribution in [0, 0.1) is 0 Å². The average Bonchev–Trinajstić information content (AvgIpc) is 2.83. The van der Waals surface area contributed by atoms with Crippen molar-refractivity contribution in [2.75, 3.05) is 20.6 Å². The molecule has 0 saturated carbocycles. The van der Waals surface area contributed by atoms with Crippen LogP contribution in [0.5, 0.6) is 0 Å². The highest BCUT2D eigenvalue weighted by atomic mass is 15.5. The molecule has 0 bridgehead atoms. The van der Waals surface area contributed by atoms with Crippen molar-refractivity contribution in [2.24, 2.45) is 0 Å². The van der Waals surface area contributed by atoms with Gasteiger partial charge >= 0.3 is 0 Å². The van der Waals surface area contributed by atoms with Crippen molar-refractivity contribution >= 4 is 0 Å². The largest absolute Gasteiger partial charge is 0.309 e. The summed E-state index contributed by atoms with van der Waals surface area (Å²) in [6.45, 7) is 1.12. The molecule has 1 N–H and O–H groups in total. The average molecular weight is 231 g/mol. The zero-order valence-electron chi connectivity index (χ0n) is 10.2. The van der Waals surface area contributed by atoms with Gasteiger partial charge in [-0.3, -0.25) is 0 Å². The molecule has 0 radical (unpaired) electrons. The fourth-order valence-electron chi connectivity index (χ4n) is 1.70. The Kier molecular flexibility index (Phi) is 3.82. The minimum absolute atomic E-state index is 0.643. The van der Waals surface area contributed by atoms with E-state index in [1.807, 2.05) is 12.1 Å². The van der Waals surface area contributed by atoms with Gasteiger partial charge in [-0.05, 0) is 44.3 Å². The van der Waals surface area contributed by atoms with E-state index in [1.165, 1.54) is 12.0 Å². The highest BCUT2D eigenvalue weighted by Crippen LogP contribution is 2.14. The van der Waals surface area contributed by atoms with Crippen LogP contribution < -0.4 is 0 Å². The molecule has 0 atom stereocenters. The summed E-state index contributed by atoms with van der Waals surface area (Å²) in [5, 5.41) is 13.9. The lowest BCUT2D eigenvalue weighted by atomic mass is 10.1. The monoisotopic (exact) mass is 231 g/mol. The number of aromatic amines is 1. The number of benzene rings is 1. The summed E-state index contributed by atoms with van der Waals surface area (Å²) in [5.74, 6) is 0.643. The van der Waals surface area contributed by atoms with Crippen LogP contribution in [0.25, 0.3) is 11.4 Å². The third-order valence-electron chi connectivity index (χ3n) is 2.63. The first kappa shape index (κ1) is 11.7. The topological polar surface area (TPSA) is 57.7 Å². The highest BCUT2D eigenvalue weighted by Gasteiger charge is 2.02. The Balaban J connectivity index is 1.94. The maximum Gasteiger partial charge on any atom is 0.204 e. The van der Waals surface area contributed by atoms with E-state index in [9.17, 15) is 0 Å². The van der Waals surface area contributed by atoms with Crippen LogP contribution in [0.15, 0.2) is 24.3 Å². The van der Waals surface area contributed by atoms with Gasteiger partial charge in [-0.25, -0.2) is 0 Å². The first-order chi connectivity index (χ1) is 8.25. The predicted molar refractivity (Wildman–Crippen MR) is 66.5 cm³/mol. The SMILES string of the molecule is CN(C)CCCc1ccc(-c2nn[nH]n2)cc1. The molecular weight excluding hydrogens is 214 g/mol. The Bertz CT molecular complexity index is 432. The molecule has 0 aliphatic heterocycles. The van der Waals surface area contributed by atoms with Gasteiger partial charge in [0.1, 0.15) is 0 Å². The van der Waals surface area contributed by atoms with Gasteiger partial charge in [-0.15, -0.1) is 10.2 Å². The van der Waals surface area contributed by atoms with Gasteiger partial charge in [0.25, 0.3) is 0 Å². The molecule has 0 spiro atoms. The molecule has 1 heterocycles. The van der Waals surface area contributed by atoms with Crippen LogP contribution in [0.4, 0.5) is 0 Å². The van der Waals surface area contributed by atoms with E-state index in [0.29, 0.717) is 5.82 Å². The summed E-state index contributed by atoms with van der Waals surface area (Å²) in [4.78, 5) is 2.20. The first-order valence-electron chi connectivity index (χ1n) is 5.73. The number of tetrazole rings is 1. The molecule has 5 heteroatoms. The normalized spacial score (nSPS) is 11.0. The maximum absolute atomic E-state index is 3.95. The molecule has 0 aliphatic rings. The Morgan fingerprint density at radius 3 is 2.53 bits per heavy atom. The number of rotatable bonds is 5. The van der Waals surface area contributed by atoms with Gasteiger partial charge in [-0.2, -0.15) is 5.21 Å². The number of H-pyrrole nitrogens is 1. The molecule has 90 valence electrons. The van der Waals surface area contributed by atoms with Crippen LogP contribution in [-0.4, -0.2) is 46.2 Å². The van der Waals surface area contributed by atoms with Crippen molar-refractivity contribution in [1.82, 2.24) is 25.5 Å². The third-order valence-corrected chi connectivity index (χ3v) is 2.63. The number of nitrogens with zero attached hydrogens (tertiary/aromatic N) is 4. The van der Waals surface area contributed by atoms with Crippen LogP contribution in [0.2, 0.25) is 0 Å². The Morgan fingerprint density at radius 1 is 1.18 bits per heavy atom. The number of nitrogens with one attached hydrogen (secondary N) is 1.